The second kappa shape index (κ2) is 7.61. The highest BCUT2D eigenvalue weighted by Gasteiger charge is 2.06. The maximum absolute atomic E-state index is 11.9. The zero-order valence-electron chi connectivity index (χ0n) is 13.1. The Hall–Kier alpha value is -1.33. The second-order valence-corrected chi connectivity index (χ2v) is 6.67. The first-order chi connectivity index (χ1) is 9.75. The zero-order valence-corrected chi connectivity index (χ0v) is 14.7. The predicted molar refractivity (Wildman–Crippen MR) is 96.3 cm³/mol. The van der Waals surface area contributed by atoms with Crippen LogP contribution in [0.2, 0.25) is 0 Å². The highest BCUT2D eigenvalue weighted by Crippen LogP contribution is 2.19. The molecule has 0 bridgehead atoms. The van der Waals surface area contributed by atoms with Crippen LogP contribution in [0.5, 0.6) is 0 Å². The zero-order chi connectivity index (χ0) is 16.2. The Labute approximate surface area is 135 Å². The van der Waals surface area contributed by atoms with Crippen molar-refractivity contribution in [3.63, 3.8) is 0 Å². The predicted octanol–water partition coefficient (Wildman–Crippen LogP) is 3.99. The van der Waals surface area contributed by atoms with Gasteiger partial charge in [-0.3, -0.25) is 4.57 Å². The van der Waals surface area contributed by atoms with Crippen LogP contribution in [0.25, 0.3) is 6.08 Å². The van der Waals surface area contributed by atoms with E-state index in [0.29, 0.717) is 4.64 Å². The number of hydrogen-bond donors (Lipinski definition) is 0. The molecule has 21 heavy (non-hydrogen) atoms. The summed E-state index contributed by atoms with van der Waals surface area (Å²) in [5, 5.41) is 0. The SMILES string of the molecule is C=C(C)CCSC(=C)/C=C/c1c(C)n(C)c(=O)n(C)c1=S. The van der Waals surface area contributed by atoms with Crippen molar-refractivity contribution in [3.05, 3.63) is 56.1 Å². The average molecular weight is 322 g/mol. The van der Waals surface area contributed by atoms with Crippen molar-refractivity contribution >= 4 is 30.1 Å². The smallest absolute Gasteiger partial charge is 0.300 e. The Bertz CT molecular complexity index is 708. The van der Waals surface area contributed by atoms with E-state index in [4.69, 9.17) is 12.2 Å². The monoisotopic (exact) mass is 322 g/mol. The molecule has 0 N–H and O–H groups in total. The van der Waals surface area contributed by atoms with Crippen molar-refractivity contribution in [2.75, 3.05) is 5.75 Å². The Morgan fingerprint density at radius 1 is 1.33 bits per heavy atom. The molecular weight excluding hydrogens is 300 g/mol. The summed E-state index contributed by atoms with van der Waals surface area (Å²) in [6.45, 7) is 11.8. The van der Waals surface area contributed by atoms with Crippen LogP contribution in [0.4, 0.5) is 0 Å². The van der Waals surface area contributed by atoms with E-state index < -0.39 is 0 Å². The fourth-order valence-corrected chi connectivity index (χ4v) is 2.91. The highest BCUT2D eigenvalue weighted by molar-refractivity contribution is 8.03. The van der Waals surface area contributed by atoms with Crippen LogP contribution >= 0.6 is 24.0 Å². The Morgan fingerprint density at radius 3 is 2.52 bits per heavy atom. The third-order valence-corrected chi connectivity index (χ3v) is 4.66. The molecule has 0 saturated heterocycles. The van der Waals surface area contributed by atoms with Gasteiger partial charge in [-0.1, -0.05) is 24.4 Å². The van der Waals surface area contributed by atoms with E-state index in [2.05, 4.69) is 13.2 Å². The highest BCUT2D eigenvalue weighted by atomic mass is 32.2. The summed E-state index contributed by atoms with van der Waals surface area (Å²) >= 11 is 7.05. The van der Waals surface area contributed by atoms with Gasteiger partial charge in [0.1, 0.15) is 4.64 Å². The van der Waals surface area contributed by atoms with E-state index >= 15 is 0 Å². The average Bonchev–Trinajstić information content (AvgIpc) is 2.42. The van der Waals surface area contributed by atoms with E-state index in [1.807, 2.05) is 26.0 Å². The molecule has 1 rings (SSSR count). The molecule has 0 aliphatic carbocycles. The lowest BCUT2D eigenvalue weighted by atomic mass is 10.2. The van der Waals surface area contributed by atoms with E-state index in [1.54, 1.807) is 30.4 Å². The molecule has 0 aliphatic rings. The van der Waals surface area contributed by atoms with Crippen LogP contribution in [-0.2, 0) is 14.1 Å². The van der Waals surface area contributed by atoms with Crippen LogP contribution in [0.15, 0.2) is 34.5 Å². The van der Waals surface area contributed by atoms with Gasteiger partial charge in [0, 0.05) is 36.0 Å². The topological polar surface area (TPSA) is 26.9 Å². The summed E-state index contributed by atoms with van der Waals surface area (Å²) in [5.41, 5.74) is 2.81. The van der Waals surface area contributed by atoms with Crippen molar-refractivity contribution < 1.29 is 0 Å². The molecule has 0 aromatic carbocycles. The van der Waals surface area contributed by atoms with Crippen molar-refractivity contribution in [1.82, 2.24) is 9.13 Å². The Kier molecular flexibility index (Phi) is 6.42. The minimum Gasteiger partial charge on any atom is -0.300 e. The third kappa shape index (κ3) is 4.58. The summed E-state index contributed by atoms with van der Waals surface area (Å²) in [7, 11) is 3.44. The number of nitrogens with zero attached hydrogens (tertiary/aromatic N) is 2. The van der Waals surface area contributed by atoms with Crippen LogP contribution < -0.4 is 5.69 Å². The molecule has 0 radical (unpaired) electrons. The van der Waals surface area contributed by atoms with Crippen molar-refractivity contribution in [3.8, 4) is 0 Å². The maximum Gasteiger partial charge on any atom is 0.328 e. The van der Waals surface area contributed by atoms with Gasteiger partial charge >= 0.3 is 5.69 Å². The molecule has 1 aromatic heterocycles. The lowest BCUT2D eigenvalue weighted by Crippen LogP contribution is -2.30. The number of thioether (sulfide) groups is 1. The molecule has 0 unspecified atom stereocenters. The van der Waals surface area contributed by atoms with Gasteiger partial charge < -0.3 is 4.57 Å². The molecule has 0 spiro atoms. The minimum atomic E-state index is -0.107. The molecule has 0 saturated carbocycles. The van der Waals surface area contributed by atoms with Gasteiger partial charge in [0.2, 0.25) is 0 Å². The maximum atomic E-state index is 11.9. The van der Waals surface area contributed by atoms with Gasteiger partial charge in [0.15, 0.2) is 0 Å². The lowest BCUT2D eigenvalue weighted by Gasteiger charge is -2.11. The molecule has 3 nitrogen and oxygen atoms in total. The van der Waals surface area contributed by atoms with Crippen molar-refractivity contribution in [2.45, 2.75) is 20.3 Å². The second-order valence-electron chi connectivity index (χ2n) is 5.06. The van der Waals surface area contributed by atoms with Gasteiger partial charge in [-0.25, -0.2) is 4.79 Å². The number of rotatable bonds is 6. The largest absolute Gasteiger partial charge is 0.328 e. The first-order valence-corrected chi connectivity index (χ1v) is 8.06. The number of hydrogen-bond acceptors (Lipinski definition) is 3. The Balaban J connectivity index is 2.96. The quantitative estimate of drug-likeness (QED) is 0.450. The van der Waals surface area contributed by atoms with Crippen LogP contribution in [-0.4, -0.2) is 14.9 Å². The van der Waals surface area contributed by atoms with Crippen LogP contribution in [0, 0.1) is 11.6 Å². The fourth-order valence-electron chi connectivity index (χ4n) is 1.74. The Morgan fingerprint density at radius 2 is 1.95 bits per heavy atom. The molecule has 5 heteroatoms. The molecule has 0 aliphatic heterocycles. The van der Waals surface area contributed by atoms with E-state index in [0.717, 1.165) is 28.3 Å². The van der Waals surface area contributed by atoms with Gasteiger partial charge in [0.05, 0.1) is 0 Å². The molecule has 0 fully saturated rings. The first kappa shape index (κ1) is 17.7. The standard InChI is InChI=1S/C16H22N2OS2/c1-11(2)9-10-21-12(3)7-8-14-13(4)17(5)16(19)18(6)15(14)20/h7-8H,1,3,9-10H2,2,4-6H3/b8-7+. The van der Waals surface area contributed by atoms with Crippen molar-refractivity contribution in [1.29, 1.82) is 0 Å². The summed E-state index contributed by atoms with van der Waals surface area (Å²) in [6.07, 6.45) is 4.87. The van der Waals surface area contributed by atoms with Crippen molar-refractivity contribution in [2.24, 2.45) is 14.1 Å². The fraction of sp³-hybridized carbons (Fsp3) is 0.375. The van der Waals surface area contributed by atoms with Crippen LogP contribution in [0.3, 0.4) is 0 Å². The lowest BCUT2D eigenvalue weighted by molar-refractivity contribution is 0.677. The van der Waals surface area contributed by atoms with Crippen LogP contribution in [0.1, 0.15) is 24.6 Å². The molecule has 0 atom stereocenters. The summed E-state index contributed by atoms with van der Waals surface area (Å²) in [4.78, 5) is 12.9. The third-order valence-electron chi connectivity index (χ3n) is 3.25. The molecule has 0 amide bonds. The molecule has 1 aromatic rings. The summed E-state index contributed by atoms with van der Waals surface area (Å²) in [5.74, 6) is 0.972. The molecule has 114 valence electrons. The van der Waals surface area contributed by atoms with E-state index in [1.165, 1.54) is 10.1 Å². The first-order valence-electron chi connectivity index (χ1n) is 6.66. The molecule has 1 heterocycles. The summed E-state index contributed by atoms with van der Waals surface area (Å²) < 4.78 is 3.64. The van der Waals surface area contributed by atoms with Gasteiger partial charge in [-0.15, -0.1) is 18.3 Å². The van der Waals surface area contributed by atoms with Gasteiger partial charge in [-0.05, 0) is 32.4 Å². The summed E-state index contributed by atoms with van der Waals surface area (Å²) in [6, 6.07) is 0. The van der Waals surface area contributed by atoms with Gasteiger partial charge in [0.25, 0.3) is 0 Å². The van der Waals surface area contributed by atoms with E-state index in [-0.39, 0.29) is 5.69 Å². The normalized spacial score (nSPS) is 11.0. The number of aromatic nitrogens is 2. The minimum absolute atomic E-state index is 0.107. The number of allylic oxidation sites excluding steroid dienone is 2. The van der Waals surface area contributed by atoms with E-state index in [9.17, 15) is 4.79 Å². The molecular formula is C16H22N2OS2. The van der Waals surface area contributed by atoms with Gasteiger partial charge in [-0.2, -0.15) is 0 Å².